The molecule has 0 spiro atoms. The number of benzene rings is 1. The highest BCUT2D eigenvalue weighted by Gasteiger charge is 2.10. The number of imidazole rings is 1. The number of nitrogens with one attached hydrogen (secondary N) is 2. The summed E-state index contributed by atoms with van der Waals surface area (Å²) in [7, 11) is 0. The van der Waals surface area contributed by atoms with Gasteiger partial charge in [-0.15, -0.1) is 0 Å². The fraction of sp³-hybridized carbons (Fsp3) is 0.400. The van der Waals surface area contributed by atoms with E-state index in [1.807, 2.05) is 13.0 Å². The van der Waals surface area contributed by atoms with Crippen LogP contribution in [0, 0.1) is 12.7 Å². The second-order valence-corrected chi connectivity index (χ2v) is 4.86. The van der Waals surface area contributed by atoms with Crippen molar-refractivity contribution in [3.63, 3.8) is 0 Å². The van der Waals surface area contributed by atoms with E-state index in [2.05, 4.69) is 29.1 Å². The van der Waals surface area contributed by atoms with Gasteiger partial charge in [0, 0.05) is 17.3 Å². The van der Waals surface area contributed by atoms with Gasteiger partial charge in [0.15, 0.2) is 0 Å². The Labute approximate surface area is 113 Å². The van der Waals surface area contributed by atoms with Crippen LogP contribution in [0.5, 0.6) is 0 Å². The molecule has 0 saturated heterocycles. The van der Waals surface area contributed by atoms with Crippen LogP contribution in [0.15, 0.2) is 24.3 Å². The summed E-state index contributed by atoms with van der Waals surface area (Å²) in [4.78, 5) is 7.79. The molecule has 102 valence electrons. The lowest BCUT2D eigenvalue weighted by atomic mass is 10.1. The molecule has 0 bridgehead atoms. The quantitative estimate of drug-likeness (QED) is 0.866. The molecule has 0 aliphatic rings. The number of aryl methyl sites for hydroxylation is 1. The van der Waals surface area contributed by atoms with Gasteiger partial charge < -0.3 is 10.3 Å². The van der Waals surface area contributed by atoms with E-state index in [0.717, 1.165) is 29.2 Å². The molecule has 0 aliphatic heterocycles. The Bertz CT molecular complexity index is 548. The Kier molecular flexibility index (Phi) is 4.32. The fourth-order valence-corrected chi connectivity index (χ4v) is 1.94. The van der Waals surface area contributed by atoms with Crippen molar-refractivity contribution < 1.29 is 4.39 Å². The molecular weight excluding hydrogens is 241 g/mol. The van der Waals surface area contributed by atoms with Crippen LogP contribution < -0.4 is 5.32 Å². The Morgan fingerprint density at radius 2 is 2.21 bits per heavy atom. The van der Waals surface area contributed by atoms with Crippen molar-refractivity contribution >= 4 is 0 Å². The second kappa shape index (κ2) is 5.97. The summed E-state index contributed by atoms with van der Waals surface area (Å²) in [6, 6.07) is 6.99. The maximum atomic E-state index is 13.2. The molecule has 2 aromatic rings. The second-order valence-electron chi connectivity index (χ2n) is 4.86. The fourth-order valence-electron chi connectivity index (χ4n) is 1.94. The van der Waals surface area contributed by atoms with E-state index in [1.54, 1.807) is 6.07 Å². The summed E-state index contributed by atoms with van der Waals surface area (Å²) in [6.07, 6.45) is 1.08. The maximum Gasteiger partial charge on any atom is 0.123 e. The summed E-state index contributed by atoms with van der Waals surface area (Å²) in [5.41, 5.74) is 2.59. The lowest BCUT2D eigenvalue weighted by molar-refractivity contribution is 0.525. The number of halogens is 1. The van der Waals surface area contributed by atoms with Gasteiger partial charge in [-0.2, -0.15) is 0 Å². The van der Waals surface area contributed by atoms with E-state index in [9.17, 15) is 4.39 Å². The summed E-state index contributed by atoms with van der Waals surface area (Å²) in [5.74, 6) is 0.649. The predicted molar refractivity (Wildman–Crippen MR) is 75.3 cm³/mol. The van der Waals surface area contributed by atoms with E-state index in [1.165, 1.54) is 12.1 Å². The van der Waals surface area contributed by atoms with Gasteiger partial charge in [0.2, 0.25) is 0 Å². The number of hydrogen-bond acceptors (Lipinski definition) is 2. The van der Waals surface area contributed by atoms with Crippen molar-refractivity contribution in [2.24, 2.45) is 0 Å². The summed E-state index contributed by atoms with van der Waals surface area (Å²) in [6.45, 7) is 6.94. The zero-order chi connectivity index (χ0) is 13.8. The first-order valence-electron chi connectivity index (χ1n) is 6.65. The van der Waals surface area contributed by atoms with Crippen LogP contribution in [-0.2, 0) is 6.54 Å². The van der Waals surface area contributed by atoms with Crippen molar-refractivity contribution in [2.75, 3.05) is 0 Å². The molecule has 2 rings (SSSR count). The molecule has 1 unspecified atom stereocenters. The number of H-pyrrole nitrogens is 1. The van der Waals surface area contributed by atoms with Gasteiger partial charge in [-0.25, -0.2) is 9.37 Å². The lowest BCUT2D eigenvalue weighted by Gasteiger charge is -2.08. The Morgan fingerprint density at radius 3 is 2.89 bits per heavy atom. The number of aromatic amines is 1. The first-order chi connectivity index (χ1) is 9.10. The third-order valence-corrected chi connectivity index (χ3v) is 3.26. The molecule has 4 heteroatoms. The minimum atomic E-state index is -0.237. The van der Waals surface area contributed by atoms with Crippen molar-refractivity contribution in [1.82, 2.24) is 15.3 Å². The summed E-state index contributed by atoms with van der Waals surface area (Å²) >= 11 is 0. The molecule has 0 amide bonds. The van der Waals surface area contributed by atoms with Gasteiger partial charge in [-0.05, 0) is 32.4 Å². The van der Waals surface area contributed by atoms with Crippen LogP contribution in [0.3, 0.4) is 0 Å². The van der Waals surface area contributed by atoms with Crippen LogP contribution in [0.4, 0.5) is 4.39 Å². The largest absolute Gasteiger partial charge is 0.344 e. The van der Waals surface area contributed by atoms with Crippen LogP contribution in [0.25, 0.3) is 11.3 Å². The molecular formula is C15H20FN3. The van der Waals surface area contributed by atoms with Gasteiger partial charge in [0.05, 0.1) is 12.2 Å². The molecule has 0 saturated carbocycles. The van der Waals surface area contributed by atoms with Crippen LogP contribution in [-0.4, -0.2) is 16.0 Å². The van der Waals surface area contributed by atoms with E-state index in [4.69, 9.17) is 0 Å². The van der Waals surface area contributed by atoms with Gasteiger partial charge in [-0.3, -0.25) is 0 Å². The molecule has 2 N–H and O–H groups in total. The standard InChI is InChI=1S/C15H20FN3/c1-4-10(2)17-9-14-18-11(3)15(19-14)12-6-5-7-13(16)8-12/h5-8,10,17H,4,9H2,1-3H3,(H,18,19). The smallest absolute Gasteiger partial charge is 0.123 e. The van der Waals surface area contributed by atoms with Crippen molar-refractivity contribution in [3.05, 3.63) is 41.6 Å². The molecule has 1 heterocycles. The summed E-state index contributed by atoms with van der Waals surface area (Å²) < 4.78 is 13.2. The zero-order valence-corrected chi connectivity index (χ0v) is 11.6. The first kappa shape index (κ1) is 13.7. The van der Waals surface area contributed by atoms with Gasteiger partial charge in [-0.1, -0.05) is 19.1 Å². The van der Waals surface area contributed by atoms with Gasteiger partial charge in [0.25, 0.3) is 0 Å². The molecule has 3 nitrogen and oxygen atoms in total. The monoisotopic (exact) mass is 261 g/mol. The average Bonchev–Trinajstić information content (AvgIpc) is 2.77. The number of hydrogen-bond donors (Lipinski definition) is 2. The molecule has 0 radical (unpaired) electrons. The normalized spacial score (nSPS) is 12.6. The predicted octanol–water partition coefficient (Wildman–Crippen LogP) is 3.41. The third-order valence-electron chi connectivity index (χ3n) is 3.26. The molecule has 0 fully saturated rings. The van der Waals surface area contributed by atoms with Crippen molar-refractivity contribution in [2.45, 2.75) is 39.8 Å². The highest BCUT2D eigenvalue weighted by Crippen LogP contribution is 2.21. The van der Waals surface area contributed by atoms with Crippen molar-refractivity contribution in [1.29, 1.82) is 0 Å². The van der Waals surface area contributed by atoms with Gasteiger partial charge in [0.1, 0.15) is 11.6 Å². The molecule has 1 aromatic carbocycles. The molecule has 1 aromatic heterocycles. The van der Waals surface area contributed by atoms with E-state index < -0.39 is 0 Å². The average molecular weight is 261 g/mol. The van der Waals surface area contributed by atoms with Gasteiger partial charge >= 0.3 is 0 Å². The van der Waals surface area contributed by atoms with Crippen molar-refractivity contribution in [3.8, 4) is 11.3 Å². The minimum Gasteiger partial charge on any atom is -0.344 e. The number of rotatable bonds is 5. The van der Waals surface area contributed by atoms with Crippen LogP contribution in [0.1, 0.15) is 31.8 Å². The third kappa shape index (κ3) is 3.41. The van der Waals surface area contributed by atoms with E-state index in [-0.39, 0.29) is 5.82 Å². The highest BCUT2D eigenvalue weighted by molar-refractivity contribution is 5.61. The lowest BCUT2D eigenvalue weighted by Crippen LogP contribution is -2.24. The maximum absolute atomic E-state index is 13.2. The number of aromatic nitrogens is 2. The minimum absolute atomic E-state index is 0.237. The Balaban J connectivity index is 2.17. The van der Waals surface area contributed by atoms with E-state index >= 15 is 0 Å². The molecule has 1 atom stereocenters. The summed E-state index contributed by atoms with van der Waals surface area (Å²) in [5, 5.41) is 3.38. The molecule has 0 aliphatic carbocycles. The zero-order valence-electron chi connectivity index (χ0n) is 11.6. The Morgan fingerprint density at radius 1 is 1.42 bits per heavy atom. The molecule has 19 heavy (non-hydrogen) atoms. The highest BCUT2D eigenvalue weighted by atomic mass is 19.1. The first-order valence-corrected chi connectivity index (χ1v) is 6.65. The number of nitrogens with zero attached hydrogens (tertiary/aromatic N) is 1. The van der Waals surface area contributed by atoms with E-state index in [0.29, 0.717) is 12.6 Å². The van der Waals surface area contributed by atoms with Crippen LogP contribution in [0.2, 0.25) is 0 Å². The Hall–Kier alpha value is -1.68. The van der Waals surface area contributed by atoms with Crippen LogP contribution >= 0.6 is 0 Å². The SMILES string of the molecule is CCC(C)NCc1nc(-c2cccc(F)c2)c(C)[nH]1. The topological polar surface area (TPSA) is 40.7 Å².